The van der Waals surface area contributed by atoms with Crippen molar-refractivity contribution in [2.45, 2.75) is 31.3 Å². The summed E-state index contributed by atoms with van der Waals surface area (Å²) >= 11 is 5.80. The van der Waals surface area contributed by atoms with Crippen molar-refractivity contribution >= 4 is 17.6 Å². The lowest BCUT2D eigenvalue weighted by Crippen LogP contribution is -2.33. The molecular weight excluding hydrogens is 240 g/mol. The molecule has 1 aliphatic carbocycles. The molecule has 2 N–H and O–H groups in total. The van der Waals surface area contributed by atoms with Crippen LogP contribution >= 0.6 is 11.6 Å². The molecule has 2 rings (SSSR count). The molecule has 0 bridgehead atoms. The fraction of sp³-hybridized carbons (Fsp3) is 0.462. The number of benzene rings is 1. The van der Waals surface area contributed by atoms with Crippen LogP contribution in [-0.2, 0) is 10.4 Å². The summed E-state index contributed by atoms with van der Waals surface area (Å²) in [5.74, 6) is -1.08. The molecule has 0 amide bonds. The van der Waals surface area contributed by atoms with Crippen LogP contribution in [0.25, 0.3) is 0 Å². The molecule has 92 valence electrons. The smallest absolute Gasteiger partial charge is 0.306 e. The van der Waals surface area contributed by atoms with Gasteiger partial charge in [0.2, 0.25) is 0 Å². The molecule has 0 saturated heterocycles. The Morgan fingerprint density at radius 1 is 1.24 bits per heavy atom. The highest BCUT2D eigenvalue weighted by molar-refractivity contribution is 6.30. The van der Waals surface area contributed by atoms with Crippen molar-refractivity contribution in [2.75, 3.05) is 0 Å². The highest BCUT2D eigenvalue weighted by Crippen LogP contribution is 2.39. The topological polar surface area (TPSA) is 57.5 Å². The Bertz CT molecular complexity index is 405. The first-order chi connectivity index (χ1) is 8.01. The number of carbonyl (C=O) groups is 1. The van der Waals surface area contributed by atoms with Crippen molar-refractivity contribution in [3.8, 4) is 0 Å². The SMILES string of the molecule is O=C(O)C1CCC(O)(c2ccc(Cl)cc2)CC1. The summed E-state index contributed by atoms with van der Waals surface area (Å²) in [6.45, 7) is 0. The van der Waals surface area contributed by atoms with E-state index in [1.54, 1.807) is 12.1 Å². The number of rotatable bonds is 2. The first-order valence-electron chi connectivity index (χ1n) is 5.72. The lowest BCUT2D eigenvalue weighted by molar-refractivity contribution is -0.145. The van der Waals surface area contributed by atoms with E-state index in [2.05, 4.69) is 0 Å². The largest absolute Gasteiger partial charge is 0.481 e. The minimum Gasteiger partial charge on any atom is -0.481 e. The van der Waals surface area contributed by atoms with Crippen LogP contribution < -0.4 is 0 Å². The Hall–Kier alpha value is -1.06. The van der Waals surface area contributed by atoms with E-state index >= 15 is 0 Å². The van der Waals surface area contributed by atoms with Gasteiger partial charge in [-0.1, -0.05) is 23.7 Å². The summed E-state index contributed by atoms with van der Waals surface area (Å²) < 4.78 is 0. The molecule has 1 aromatic carbocycles. The zero-order valence-electron chi connectivity index (χ0n) is 9.40. The van der Waals surface area contributed by atoms with E-state index in [1.807, 2.05) is 12.1 Å². The summed E-state index contributed by atoms with van der Waals surface area (Å²) in [5.41, 5.74) is -0.0676. The number of aliphatic carboxylic acids is 1. The predicted molar refractivity (Wildman–Crippen MR) is 64.9 cm³/mol. The fourth-order valence-electron chi connectivity index (χ4n) is 2.39. The average molecular weight is 255 g/mol. The third-order valence-corrected chi connectivity index (χ3v) is 3.80. The summed E-state index contributed by atoms with van der Waals surface area (Å²) in [5, 5.41) is 20.0. The van der Waals surface area contributed by atoms with E-state index in [0.717, 1.165) is 5.56 Å². The molecule has 0 spiro atoms. The van der Waals surface area contributed by atoms with E-state index in [4.69, 9.17) is 16.7 Å². The number of aliphatic hydroxyl groups is 1. The van der Waals surface area contributed by atoms with Gasteiger partial charge in [-0.2, -0.15) is 0 Å². The Labute approximate surface area is 105 Å². The lowest BCUT2D eigenvalue weighted by atomic mass is 9.75. The Kier molecular flexibility index (Phi) is 3.40. The number of carboxylic acids is 1. The Morgan fingerprint density at radius 2 is 1.76 bits per heavy atom. The summed E-state index contributed by atoms with van der Waals surface area (Å²) in [6.07, 6.45) is 2.03. The lowest BCUT2D eigenvalue weighted by Gasteiger charge is -2.35. The number of carboxylic acid groups (broad SMARTS) is 1. The van der Waals surface area contributed by atoms with Crippen LogP contribution in [0.5, 0.6) is 0 Å². The van der Waals surface area contributed by atoms with Gasteiger partial charge in [0.1, 0.15) is 0 Å². The molecule has 1 aromatic rings. The second kappa shape index (κ2) is 4.67. The van der Waals surface area contributed by atoms with Gasteiger partial charge >= 0.3 is 5.97 Å². The Morgan fingerprint density at radius 3 is 2.24 bits per heavy atom. The van der Waals surface area contributed by atoms with Crippen molar-refractivity contribution < 1.29 is 15.0 Å². The summed E-state index contributed by atoms with van der Waals surface area (Å²) in [6, 6.07) is 7.11. The standard InChI is InChI=1S/C13H15ClO3/c14-11-3-1-10(2-4-11)13(17)7-5-9(6-8-13)12(15)16/h1-4,9,17H,5-8H2,(H,15,16). The molecule has 1 aliphatic rings. The second-order valence-corrected chi connectivity index (χ2v) is 5.09. The third-order valence-electron chi connectivity index (χ3n) is 3.54. The molecule has 0 atom stereocenters. The predicted octanol–water partition coefficient (Wildman–Crippen LogP) is 2.80. The highest BCUT2D eigenvalue weighted by atomic mass is 35.5. The number of halogens is 1. The maximum atomic E-state index is 10.8. The molecule has 1 saturated carbocycles. The van der Waals surface area contributed by atoms with Gasteiger partial charge in [-0.3, -0.25) is 4.79 Å². The van der Waals surface area contributed by atoms with Gasteiger partial charge in [-0.15, -0.1) is 0 Å². The first kappa shape index (κ1) is 12.4. The van der Waals surface area contributed by atoms with Crippen molar-refractivity contribution in [2.24, 2.45) is 5.92 Å². The van der Waals surface area contributed by atoms with Crippen LogP contribution in [0, 0.1) is 5.92 Å². The molecular formula is C13H15ClO3. The monoisotopic (exact) mass is 254 g/mol. The van der Waals surface area contributed by atoms with Gasteiger partial charge < -0.3 is 10.2 Å². The van der Waals surface area contributed by atoms with E-state index in [1.165, 1.54) is 0 Å². The van der Waals surface area contributed by atoms with Crippen molar-refractivity contribution in [3.05, 3.63) is 34.9 Å². The summed E-state index contributed by atoms with van der Waals surface area (Å²) in [7, 11) is 0. The van der Waals surface area contributed by atoms with Crippen LogP contribution in [0.3, 0.4) is 0 Å². The van der Waals surface area contributed by atoms with Crippen molar-refractivity contribution in [1.29, 1.82) is 0 Å². The molecule has 0 heterocycles. The van der Waals surface area contributed by atoms with Gasteiger partial charge in [0.05, 0.1) is 11.5 Å². The molecule has 1 fully saturated rings. The second-order valence-electron chi connectivity index (χ2n) is 4.65. The molecule has 17 heavy (non-hydrogen) atoms. The van der Waals surface area contributed by atoms with E-state index < -0.39 is 11.6 Å². The van der Waals surface area contributed by atoms with Gasteiger partial charge in [-0.05, 0) is 43.4 Å². The maximum Gasteiger partial charge on any atom is 0.306 e. The molecule has 0 radical (unpaired) electrons. The van der Waals surface area contributed by atoms with Crippen molar-refractivity contribution in [3.63, 3.8) is 0 Å². The Balaban J connectivity index is 2.11. The fourth-order valence-corrected chi connectivity index (χ4v) is 2.52. The number of hydrogen-bond donors (Lipinski definition) is 2. The zero-order valence-corrected chi connectivity index (χ0v) is 10.2. The van der Waals surface area contributed by atoms with Gasteiger partial charge in [0, 0.05) is 5.02 Å². The van der Waals surface area contributed by atoms with E-state index in [0.29, 0.717) is 30.7 Å². The molecule has 0 unspecified atom stereocenters. The van der Waals surface area contributed by atoms with Crippen LogP contribution in [0.1, 0.15) is 31.2 Å². The molecule has 4 heteroatoms. The van der Waals surface area contributed by atoms with Gasteiger partial charge in [0.15, 0.2) is 0 Å². The van der Waals surface area contributed by atoms with E-state index in [-0.39, 0.29) is 5.92 Å². The minimum absolute atomic E-state index is 0.317. The first-order valence-corrected chi connectivity index (χ1v) is 6.10. The zero-order chi connectivity index (χ0) is 12.5. The highest BCUT2D eigenvalue weighted by Gasteiger charge is 2.36. The molecule has 0 aliphatic heterocycles. The van der Waals surface area contributed by atoms with Gasteiger partial charge in [-0.25, -0.2) is 0 Å². The third kappa shape index (κ3) is 2.61. The van der Waals surface area contributed by atoms with E-state index in [9.17, 15) is 9.90 Å². The summed E-state index contributed by atoms with van der Waals surface area (Å²) in [4.78, 5) is 10.8. The van der Waals surface area contributed by atoms with Crippen LogP contribution in [0.4, 0.5) is 0 Å². The van der Waals surface area contributed by atoms with Gasteiger partial charge in [0.25, 0.3) is 0 Å². The average Bonchev–Trinajstić information content (AvgIpc) is 2.30. The quantitative estimate of drug-likeness (QED) is 0.853. The van der Waals surface area contributed by atoms with Crippen LogP contribution in [0.15, 0.2) is 24.3 Å². The minimum atomic E-state index is -0.892. The normalized spacial score (nSPS) is 28.9. The van der Waals surface area contributed by atoms with Crippen molar-refractivity contribution in [1.82, 2.24) is 0 Å². The van der Waals surface area contributed by atoms with Crippen LogP contribution in [-0.4, -0.2) is 16.2 Å². The number of hydrogen-bond acceptors (Lipinski definition) is 2. The van der Waals surface area contributed by atoms with Crippen LogP contribution in [0.2, 0.25) is 5.02 Å². The molecule has 3 nitrogen and oxygen atoms in total. The molecule has 0 aromatic heterocycles. The maximum absolute atomic E-state index is 10.8.